The van der Waals surface area contributed by atoms with E-state index in [1.165, 1.54) is 25.3 Å². The van der Waals surface area contributed by atoms with E-state index in [2.05, 4.69) is 26.0 Å². The molecule has 0 bridgehead atoms. The van der Waals surface area contributed by atoms with Crippen LogP contribution in [0.3, 0.4) is 0 Å². The van der Waals surface area contributed by atoms with Crippen LogP contribution in [-0.4, -0.2) is 30.7 Å². The Bertz CT molecular complexity index is 812. The standard InChI is InChI=1S/C18H17BrClNO5/c1-25-18(24)11-4-6-14(15(22)9-11)21-17(23)3-2-8-26-16-7-5-12(19)10-13(16)20/h4-7,9-10,22H,2-3,8H2,1H3,(H,21,23). The van der Waals surface area contributed by atoms with Gasteiger partial charge in [-0.15, -0.1) is 0 Å². The molecule has 0 saturated heterocycles. The van der Waals surface area contributed by atoms with E-state index in [1.54, 1.807) is 12.1 Å². The fourth-order valence-electron chi connectivity index (χ4n) is 2.10. The van der Waals surface area contributed by atoms with E-state index in [0.717, 1.165) is 4.47 Å². The first-order valence-electron chi connectivity index (χ1n) is 7.69. The monoisotopic (exact) mass is 441 g/mol. The van der Waals surface area contributed by atoms with Crippen LogP contribution in [-0.2, 0) is 9.53 Å². The summed E-state index contributed by atoms with van der Waals surface area (Å²) in [6.45, 7) is 0.321. The molecule has 0 aliphatic heterocycles. The van der Waals surface area contributed by atoms with Crippen LogP contribution >= 0.6 is 27.5 Å². The zero-order valence-electron chi connectivity index (χ0n) is 13.9. The highest BCUT2D eigenvalue weighted by atomic mass is 79.9. The number of esters is 1. The van der Waals surface area contributed by atoms with Crippen molar-refractivity contribution in [2.45, 2.75) is 12.8 Å². The number of phenolic OH excluding ortho intramolecular Hbond substituents is 1. The fraction of sp³-hybridized carbons (Fsp3) is 0.222. The third kappa shape index (κ3) is 5.64. The number of hydrogen-bond donors (Lipinski definition) is 2. The summed E-state index contributed by atoms with van der Waals surface area (Å²) >= 11 is 9.36. The van der Waals surface area contributed by atoms with Gasteiger partial charge in [0.15, 0.2) is 0 Å². The summed E-state index contributed by atoms with van der Waals surface area (Å²) in [5, 5.41) is 13.0. The van der Waals surface area contributed by atoms with Gasteiger partial charge in [0.05, 0.1) is 30.0 Å². The molecule has 2 N–H and O–H groups in total. The Morgan fingerprint density at radius 3 is 2.65 bits per heavy atom. The molecule has 0 atom stereocenters. The zero-order chi connectivity index (χ0) is 19.1. The maximum Gasteiger partial charge on any atom is 0.337 e. The molecule has 6 nitrogen and oxygen atoms in total. The number of amides is 1. The van der Waals surface area contributed by atoms with Gasteiger partial charge in [-0.3, -0.25) is 4.79 Å². The maximum absolute atomic E-state index is 12.0. The van der Waals surface area contributed by atoms with Crippen molar-refractivity contribution in [1.82, 2.24) is 0 Å². The van der Waals surface area contributed by atoms with Crippen molar-refractivity contribution in [1.29, 1.82) is 0 Å². The van der Waals surface area contributed by atoms with Gasteiger partial charge in [0, 0.05) is 10.9 Å². The lowest BCUT2D eigenvalue weighted by Crippen LogP contribution is -2.13. The van der Waals surface area contributed by atoms with Crippen LogP contribution in [0.2, 0.25) is 5.02 Å². The van der Waals surface area contributed by atoms with E-state index in [-0.39, 0.29) is 29.3 Å². The largest absolute Gasteiger partial charge is 0.506 e. The van der Waals surface area contributed by atoms with Crippen LogP contribution in [0.15, 0.2) is 40.9 Å². The van der Waals surface area contributed by atoms with Crippen LogP contribution in [0.4, 0.5) is 5.69 Å². The summed E-state index contributed by atoms with van der Waals surface area (Å²) < 4.78 is 11.0. The van der Waals surface area contributed by atoms with Crippen molar-refractivity contribution in [3.63, 3.8) is 0 Å². The van der Waals surface area contributed by atoms with Gasteiger partial charge in [-0.25, -0.2) is 4.79 Å². The van der Waals surface area contributed by atoms with E-state index in [1.807, 2.05) is 6.07 Å². The summed E-state index contributed by atoms with van der Waals surface area (Å²) in [4.78, 5) is 23.3. The Hall–Kier alpha value is -2.25. The average Bonchev–Trinajstić information content (AvgIpc) is 2.61. The number of aromatic hydroxyl groups is 1. The molecule has 2 aromatic carbocycles. The molecule has 0 heterocycles. The molecule has 1 amide bonds. The van der Waals surface area contributed by atoms with Gasteiger partial charge in [0.1, 0.15) is 11.5 Å². The van der Waals surface area contributed by atoms with E-state index >= 15 is 0 Å². The van der Waals surface area contributed by atoms with Crippen LogP contribution in [0.5, 0.6) is 11.5 Å². The number of anilines is 1. The lowest BCUT2D eigenvalue weighted by atomic mass is 10.2. The first-order chi connectivity index (χ1) is 12.4. The molecule has 2 rings (SSSR count). The molecular formula is C18H17BrClNO5. The number of ether oxygens (including phenoxy) is 2. The smallest absolute Gasteiger partial charge is 0.337 e. The number of phenols is 1. The number of methoxy groups -OCH3 is 1. The highest BCUT2D eigenvalue weighted by Crippen LogP contribution is 2.28. The number of benzene rings is 2. The molecule has 0 radical (unpaired) electrons. The first-order valence-corrected chi connectivity index (χ1v) is 8.87. The predicted octanol–water partition coefficient (Wildman–Crippen LogP) is 4.39. The van der Waals surface area contributed by atoms with Gasteiger partial charge in [-0.2, -0.15) is 0 Å². The number of nitrogens with one attached hydrogen (secondary N) is 1. The van der Waals surface area contributed by atoms with Crippen molar-refractivity contribution >= 4 is 45.1 Å². The summed E-state index contributed by atoms with van der Waals surface area (Å²) in [5.41, 5.74) is 0.419. The molecule has 138 valence electrons. The van der Waals surface area contributed by atoms with E-state index in [9.17, 15) is 14.7 Å². The Balaban J connectivity index is 1.81. The number of carbonyl (C=O) groups is 2. The highest BCUT2D eigenvalue weighted by molar-refractivity contribution is 9.10. The van der Waals surface area contributed by atoms with Crippen LogP contribution in [0.1, 0.15) is 23.2 Å². The summed E-state index contributed by atoms with van der Waals surface area (Å²) in [6, 6.07) is 9.42. The maximum atomic E-state index is 12.0. The average molecular weight is 443 g/mol. The second-order valence-corrected chi connectivity index (χ2v) is 6.62. The second kappa shape index (κ2) is 9.45. The molecule has 0 aromatic heterocycles. The minimum Gasteiger partial charge on any atom is -0.506 e. The van der Waals surface area contributed by atoms with Crippen LogP contribution in [0.25, 0.3) is 0 Å². The number of carbonyl (C=O) groups excluding carboxylic acids is 2. The third-order valence-electron chi connectivity index (χ3n) is 3.39. The van der Waals surface area contributed by atoms with Crippen molar-refractivity contribution in [2.24, 2.45) is 0 Å². The summed E-state index contributed by atoms with van der Waals surface area (Å²) in [5.74, 6) is -0.510. The summed E-state index contributed by atoms with van der Waals surface area (Å²) in [7, 11) is 1.25. The van der Waals surface area contributed by atoms with Crippen LogP contribution in [0, 0.1) is 0 Å². The Kier molecular flexibility index (Phi) is 7.29. The molecule has 0 fully saturated rings. The van der Waals surface area contributed by atoms with Crippen molar-refractivity contribution in [3.8, 4) is 11.5 Å². The van der Waals surface area contributed by atoms with Gasteiger partial charge >= 0.3 is 5.97 Å². The molecule has 0 aliphatic carbocycles. The zero-order valence-corrected chi connectivity index (χ0v) is 16.3. The number of rotatable bonds is 7. The van der Waals surface area contributed by atoms with Crippen LogP contribution < -0.4 is 10.1 Å². The Morgan fingerprint density at radius 2 is 2.00 bits per heavy atom. The first kappa shape index (κ1) is 20.1. The number of halogens is 2. The molecule has 26 heavy (non-hydrogen) atoms. The minimum absolute atomic E-state index is 0.197. The van der Waals surface area contributed by atoms with E-state index in [0.29, 0.717) is 23.8 Å². The second-order valence-electron chi connectivity index (χ2n) is 5.30. The lowest BCUT2D eigenvalue weighted by molar-refractivity contribution is -0.116. The van der Waals surface area contributed by atoms with Crippen molar-refractivity contribution in [2.75, 3.05) is 19.0 Å². The third-order valence-corrected chi connectivity index (χ3v) is 4.18. The van der Waals surface area contributed by atoms with E-state index in [4.69, 9.17) is 16.3 Å². The van der Waals surface area contributed by atoms with Gasteiger partial charge in [-0.1, -0.05) is 27.5 Å². The number of hydrogen-bond acceptors (Lipinski definition) is 5. The molecule has 8 heteroatoms. The molecule has 0 unspecified atom stereocenters. The quantitative estimate of drug-likeness (QED) is 0.377. The molecule has 2 aromatic rings. The topological polar surface area (TPSA) is 84.9 Å². The normalized spacial score (nSPS) is 10.3. The van der Waals surface area contributed by atoms with Crippen molar-refractivity contribution in [3.05, 3.63) is 51.5 Å². The van der Waals surface area contributed by atoms with Gasteiger partial charge in [0.2, 0.25) is 5.91 Å². The fourth-order valence-corrected chi connectivity index (χ4v) is 2.83. The van der Waals surface area contributed by atoms with E-state index < -0.39 is 5.97 Å². The van der Waals surface area contributed by atoms with Gasteiger partial charge in [-0.05, 0) is 42.8 Å². The lowest BCUT2D eigenvalue weighted by Gasteiger charge is -2.10. The Labute approximate surface area is 164 Å². The highest BCUT2D eigenvalue weighted by Gasteiger charge is 2.11. The predicted molar refractivity (Wildman–Crippen MR) is 102 cm³/mol. The minimum atomic E-state index is -0.568. The SMILES string of the molecule is COC(=O)c1ccc(NC(=O)CCCOc2ccc(Br)cc2Cl)c(O)c1. The summed E-state index contributed by atoms with van der Waals surface area (Å²) in [6.07, 6.45) is 0.672. The van der Waals surface area contributed by atoms with Gasteiger partial charge < -0.3 is 19.9 Å². The molecule has 0 aliphatic rings. The van der Waals surface area contributed by atoms with Crippen molar-refractivity contribution < 1.29 is 24.2 Å². The Morgan fingerprint density at radius 1 is 1.23 bits per heavy atom. The van der Waals surface area contributed by atoms with Gasteiger partial charge in [0.25, 0.3) is 0 Å². The molecule has 0 spiro atoms. The molecular weight excluding hydrogens is 426 g/mol. The molecule has 0 saturated carbocycles.